The monoisotopic (exact) mass is 610 g/mol. The summed E-state index contributed by atoms with van der Waals surface area (Å²) in [4.78, 5) is 26.6. The maximum Gasteiger partial charge on any atom is 0.343 e. The molecule has 0 atom stereocenters. The van der Waals surface area contributed by atoms with Gasteiger partial charge in [0.2, 0.25) is 0 Å². The average molecular weight is 612 g/mol. The van der Waals surface area contributed by atoms with Gasteiger partial charge < -0.3 is 28.6 Å². The summed E-state index contributed by atoms with van der Waals surface area (Å²) in [6.07, 6.45) is 0. The molecule has 39 heavy (non-hydrogen) atoms. The molecule has 0 unspecified atom stereocenters. The fraction of sp³-hybridized carbons (Fsp3) is 0.464. The van der Waals surface area contributed by atoms with Crippen LogP contribution >= 0.6 is 17.0 Å². The van der Waals surface area contributed by atoms with Crippen LogP contribution in [0.1, 0.15) is 61.7 Å². The molecule has 0 saturated carbocycles. The first kappa shape index (κ1) is 31.9. The predicted molar refractivity (Wildman–Crippen MR) is 150 cm³/mol. The van der Waals surface area contributed by atoms with Gasteiger partial charge in [0.25, 0.3) is 0 Å². The van der Waals surface area contributed by atoms with E-state index in [1.807, 2.05) is 20.8 Å². The van der Waals surface area contributed by atoms with Crippen LogP contribution in [0.3, 0.4) is 0 Å². The Labute approximate surface area is 238 Å². The molecule has 9 nitrogen and oxygen atoms in total. The second-order valence-electron chi connectivity index (χ2n) is 9.72. The van der Waals surface area contributed by atoms with Crippen molar-refractivity contribution in [2.45, 2.75) is 46.6 Å². The number of ether oxygens (including phenoxy) is 5. The van der Waals surface area contributed by atoms with Crippen LogP contribution in [0.4, 0.5) is 4.39 Å². The van der Waals surface area contributed by atoms with Gasteiger partial charge in [-0.3, -0.25) is 10.2 Å². The van der Waals surface area contributed by atoms with Crippen LogP contribution in [-0.4, -0.2) is 63.1 Å². The first-order chi connectivity index (χ1) is 18.0. The van der Waals surface area contributed by atoms with Crippen molar-refractivity contribution in [3.8, 4) is 23.0 Å². The smallest absolute Gasteiger partial charge is 0.343 e. The van der Waals surface area contributed by atoms with Crippen molar-refractivity contribution in [3.63, 3.8) is 0 Å². The van der Waals surface area contributed by atoms with Gasteiger partial charge in [-0.15, -0.1) is 17.0 Å². The van der Waals surface area contributed by atoms with Crippen LogP contribution in [0.25, 0.3) is 0 Å². The van der Waals surface area contributed by atoms with E-state index in [0.29, 0.717) is 34.8 Å². The molecule has 3 rings (SSSR count). The van der Waals surface area contributed by atoms with E-state index in [2.05, 4.69) is 4.74 Å². The molecular weight excluding hydrogens is 575 g/mol. The zero-order chi connectivity index (χ0) is 28.2. The van der Waals surface area contributed by atoms with Crippen molar-refractivity contribution in [1.29, 1.82) is 5.41 Å². The van der Waals surface area contributed by atoms with Gasteiger partial charge in [-0.2, -0.15) is 0 Å². The summed E-state index contributed by atoms with van der Waals surface area (Å²) in [6, 6.07) is 4.91. The van der Waals surface area contributed by atoms with Crippen LogP contribution in [-0.2, 0) is 21.5 Å². The Morgan fingerprint density at radius 3 is 2.23 bits per heavy atom. The Morgan fingerprint density at radius 1 is 1.00 bits per heavy atom. The fourth-order valence-corrected chi connectivity index (χ4v) is 4.23. The third kappa shape index (κ3) is 6.81. The molecule has 0 bridgehead atoms. The predicted octanol–water partition coefficient (Wildman–Crippen LogP) is 5.08. The standard InChI is InChI=1S/C28H35FN2O7.BrH/c1-8-36-21-12-17-13-31(27(30)23(17)24(29)26(21)37-9-2)14-19(32)16-10-18(28(3,4)5)25(20(11-16)34-6)38-15-22(33)35-7;/h10-12,30H,8-9,13-15H2,1-7H3;1H. The number of carbonyl (C=O) groups is 2. The Morgan fingerprint density at radius 2 is 1.67 bits per heavy atom. The van der Waals surface area contributed by atoms with Crippen LogP contribution in [0, 0.1) is 11.2 Å². The Bertz CT molecular complexity index is 1240. The number of ketones is 1. The van der Waals surface area contributed by atoms with Gasteiger partial charge in [-0.25, -0.2) is 9.18 Å². The number of nitrogens with one attached hydrogen (secondary N) is 1. The summed E-state index contributed by atoms with van der Waals surface area (Å²) in [5.41, 5.74) is 1.19. The summed E-state index contributed by atoms with van der Waals surface area (Å²) in [7, 11) is 2.72. The molecule has 1 heterocycles. The molecule has 0 fully saturated rings. The number of hydrogen-bond acceptors (Lipinski definition) is 8. The minimum Gasteiger partial charge on any atom is -0.493 e. The van der Waals surface area contributed by atoms with Gasteiger partial charge in [-0.05, 0) is 43.0 Å². The van der Waals surface area contributed by atoms with E-state index < -0.39 is 17.2 Å². The number of esters is 1. The summed E-state index contributed by atoms with van der Waals surface area (Å²) in [6.45, 7) is 9.64. The van der Waals surface area contributed by atoms with E-state index in [1.54, 1.807) is 26.0 Å². The highest BCUT2D eigenvalue weighted by molar-refractivity contribution is 8.93. The number of nitrogens with zero attached hydrogens (tertiary/aromatic N) is 1. The van der Waals surface area contributed by atoms with Crippen molar-refractivity contribution >= 4 is 34.6 Å². The Kier molecular flexibility index (Phi) is 10.7. The largest absolute Gasteiger partial charge is 0.493 e. The second kappa shape index (κ2) is 13.1. The van der Waals surface area contributed by atoms with Crippen LogP contribution in [0.2, 0.25) is 0 Å². The maximum atomic E-state index is 15.4. The highest BCUT2D eigenvalue weighted by atomic mass is 79.9. The molecule has 11 heteroatoms. The molecule has 0 saturated heterocycles. The van der Waals surface area contributed by atoms with Gasteiger partial charge in [0.15, 0.2) is 41.2 Å². The van der Waals surface area contributed by atoms with E-state index in [0.717, 1.165) is 0 Å². The van der Waals surface area contributed by atoms with E-state index in [9.17, 15) is 9.59 Å². The van der Waals surface area contributed by atoms with Gasteiger partial charge in [0.05, 0.1) is 39.5 Å². The van der Waals surface area contributed by atoms with E-state index in [4.69, 9.17) is 24.4 Å². The number of Topliss-reactive ketones (excluding diaryl/α,β-unsaturated/α-hetero) is 1. The molecule has 1 N–H and O–H groups in total. The summed E-state index contributed by atoms with van der Waals surface area (Å²) in [5, 5.41) is 8.60. The number of hydrogen-bond donors (Lipinski definition) is 1. The van der Waals surface area contributed by atoms with E-state index in [-0.39, 0.29) is 72.0 Å². The van der Waals surface area contributed by atoms with E-state index >= 15 is 4.39 Å². The fourth-order valence-electron chi connectivity index (χ4n) is 4.23. The highest BCUT2D eigenvalue weighted by Gasteiger charge is 2.34. The molecular formula is C28H36BrFN2O7. The van der Waals surface area contributed by atoms with Gasteiger partial charge in [-0.1, -0.05) is 20.8 Å². The normalized spacial score (nSPS) is 12.4. The number of carbonyl (C=O) groups excluding carboxylic acids is 2. The molecule has 2 aromatic carbocycles. The number of benzene rings is 2. The number of amidine groups is 1. The summed E-state index contributed by atoms with van der Waals surface area (Å²) < 4.78 is 42.3. The molecule has 1 aliphatic heterocycles. The van der Waals surface area contributed by atoms with Crippen molar-refractivity contribution in [2.24, 2.45) is 0 Å². The third-order valence-corrected chi connectivity index (χ3v) is 6.07. The lowest BCUT2D eigenvalue weighted by molar-refractivity contribution is -0.142. The minimum atomic E-state index is -0.670. The number of fused-ring (bicyclic) bond motifs is 1. The van der Waals surface area contributed by atoms with Gasteiger partial charge in [0.1, 0.15) is 5.84 Å². The lowest BCUT2D eigenvalue weighted by Gasteiger charge is -2.25. The molecule has 2 aromatic rings. The molecule has 0 aromatic heterocycles. The number of methoxy groups -OCH3 is 2. The minimum absolute atomic E-state index is 0. The van der Waals surface area contributed by atoms with Crippen LogP contribution in [0.15, 0.2) is 18.2 Å². The molecule has 0 amide bonds. The first-order valence-corrected chi connectivity index (χ1v) is 12.4. The topological polar surface area (TPSA) is 107 Å². The number of rotatable bonds is 11. The zero-order valence-corrected chi connectivity index (χ0v) is 25.1. The molecule has 214 valence electrons. The van der Waals surface area contributed by atoms with Gasteiger partial charge in [0, 0.05) is 17.7 Å². The highest BCUT2D eigenvalue weighted by Crippen LogP contribution is 2.41. The number of halogens is 2. The first-order valence-electron chi connectivity index (χ1n) is 12.4. The van der Waals surface area contributed by atoms with Crippen LogP contribution in [0.5, 0.6) is 23.0 Å². The van der Waals surface area contributed by atoms with Crippen molar-refractivity contribution in [2.75, 3.05) is 40.6 Å². The van der Waals surface area contributed by atoms with Crippen molar-refractivity contribution in [3.05, 3.63) is 46.3 Å². The summed E-state index contributed by atoms with van der Waals surface area (Å²) >= 11 is 0. The van der Waals surface area contributed by atoms with Crippen molar-refractivity contribution < 1.29 is 37.7 Å². The molecule has 0 spiro atoms. The second-order valence-corrected chi connectivity index (χ2v) is 9.72. The van der Waals surface area contributed by atoms with Crippen LogP contribution < -0.4 is 18.9 Å². The van der Waals surface area contributed by atoms with E-state index in [1.165, 1.54) is 25.2 Å². The third-order valence-electron chi connectivity index (χ3n) is 6.07. The Balaban J connectivity index is 0.00000533. The molecule has 1 aliphatic rings. The maximum absolute atomic E-state index is 15.4. The Hall–Kier alpha value is -3.34. The lowest BCUT2D eigenvalue weighted by atomic mass is 9.84. The zero-order valence-electron chi connectivity index (χ0n) is 23.4. The lowest BCUT2D eigenvalue weighted by Crippen LogP contribution is -2.30. The summed E-state index contributed by atoms with van der Waals surface area (Å²) in [5.74, 6) is -0.738. The SMILES string of the molecule is Br.CCOc1cc2c(c(F)c1OCC)C(=N)N(CC(=O)c1cc(OC)c(OCC(=O)OC)c(C(C)(C)C)c1)C2. The average Bonchev–Trinajstić information content (AvgIpc) is 3.18. The van der Waals surface area contributed by atoms with Crippen molar-refractivity contribution in [1.82, 2.24) is 4.90 Å². The quantitative estimate of drug-likeness (QED) is 0.277. The molecule has 0 radical (unpaired) electrons. The van der Waals surface area contributed by atoms with Gasteiger partial charge >= 0.3 is 5.97 Å². The molecule has 0 aliphatic carbocycles.